The highest BCUT2D eigenvalue weighted by Gasteiger charge is 2.26. The summed E-state index contributed by atoms with van der Waals surface area (Å²) < 4.78 is 3.00. The molecule has 0 spiro atoms. The Bertz CT molecular complexity index is 1160. The van der Waals surface area contributed by atoms with E-state index < -0.39 is 5.69 Å². The summed E-state index contributed by atoms with van der Waals surface area (Å²) in [7, 11) is 0. The summed E-state index contributed by atoms with van der Waals surface area (Å²) in [6, 6.07) is 8.48. The first-order valence-corrected chi connectivity index (χ1v) is 11.1. The molecule has 152 valence electrons. The normalized spacial score (nSPS) is 17.0. The van der Waals surface area contributed by atoms with E-state index in [2.05, 4.69) is 6.92 Å². The van der Waals surface area contributed by atoms with Gasteiger partial charge in [-0.1, -0.05) is 18.5 Å². The molecule has 3 heterocycles. The number of carbonyl (C=O) groups excluding carboxylic acids is 1. The minimum absolute atomic E-state index is 0.0730. The van der Waals surface area contributed by atoms with Gasteiger partial charge in [-0.05, 0) is 61.4 Å². The zero-order chi connectivity index (χ0) is 20.5. The minimum Gasteiger partial charge on any atom is -0.338 e. The van der Waals surface area contributed by atoms with E-state index in [0.29, 0.717) is 20.9 Å². The molecule has 1 unspecified atom stereocenters. The number of amides is 1. The van der Waals surface area contributed by atoms with Crippen LogP contribution in [-0.4, -0.2) is 32.5 Å². The van der Waals surface area contributed by atoms with Crippen LogP contribution in [0.2, 0.25) is 5.02 Å². The maximum atomic E-state index is 13.3. The lowest BCUT2D eigenvalue weighted by atomic mass is 10.00. The summed E-state index contributed by atoms with van der Waals surface area (Å²) >= 11 is 7.22. The fraction of sp³-hybridized carbons (Fsp3) is 0.381. The van der Waals surface area contributed by atoms with Gasteiger partial charge in [0.05, 0.1) is 11.2 Å². The number of benzene rings is 1. The van der Waals surface area contributed by atoms with Gasteiger partial charge in [0.2, 0.25) is 5.91 Å². The number of thiophene rings is 1. The number of halogens is 1. The van der Waals surface area contributed by atoms with Gasteiger partial charge in [0.25, 0.3) is 5.56 Å². The molecule has 29 heavy (non-hydrogen) atoms. The van der Waals surface area contributed by atoms with Crippen molar-refractivity contribution in [2.45, 2.75) is 45.2 Å². The van der Waals surface area contributed by atoms with Gasteiger partial charge in [0.1, 0.15) is 11.2 Å². The molecule has 2 aromatic heterocycles. The third-order valence-corrected chi connectivity index (χ3v) is 6.70. The number of piperidine rings is 1. The van der Waals surface area contributed by atoms with E-state index >= 15 is 0 Å². The predicted octanol–water partition coefficient (Wildman–Crippen LogP) is 3.66. The number of carbonyl (C=O) groups is 1. The van der Waals surface area contributed by atoms with Crippen LogP contribution in [-0.2, 0) is 11.3 Å². The fourth-order valence-electron chi connectivity index (χ4n) is 4.04. The smallest absolute Gasteiger partial charge is 0.336 e. The Morgan fingerprint density at radius 2 is 1.93 bits per heavy atom. The summed E-state index contributed by atoms with van der Waals surface area (Å²) in [5, 5.41) is 2.29. The van der Waals surface area contributed by atoms with Crippen molar-refractivity contribution in [3.8, 4) is 5.69 Å². The number of rotatable bonds is 4. The second-order valence-corrected chi connectivity index (χ2v) is 8.62. The molecule has 3 aromatic rings. The Morgan fingerprint density at radius 1 is 1.17 bits per heavy atom. The lowest BCUT2D eigenvalue weighted by molar-refractivity contribution is -0.135. The number of hydrogen-bond acceptors (Lipinski definition) is 4. The van der Waals surface area contributed by atoms with E-state index in [4.69, 9.17) is 11.6 Å². The van der Waals surface area contributed by atoms with Crippen molar-refractivity contribution in [1.29, 1.82) is 0 Å². The lowest BCUT2D eigenvalue weighted by Crippen LogP contribution is -2.47. The largest absolute Gasteiger partial charge is 0.338 e. The Kier molecular flexibility index (Phi) is 5.61. The highest BCUT2D eigenvalue weighted by Crippen LogP contribution is 2.21. The maximum absolute atomic E-state index is 13.3. The predicted molar refractivity (Wildman–Crippen MR) is 116 cm³/mol. The Labute approximate surface area is 176 Å². The Morgan fingerprint density at radius 3 is 2.66 bits per heavy atom. The number of hydrogen-bond donors (Lipinski definition) is 0. The standard InChI is InChI=1S/C21H22ClN3O3S/c1-2-15-5-3-4-11-23(15)18(26)13-24-17-10-12-29-19(17)20(27)25(21(24)28)16-8-6-14(22)7-9-16/h6-10,12,15H,2-5,11,13H2,1H3. The average molecular weight is 432 g/mol. The van der Waals surface area contributed by atoms with Gasteiger partial charge >= 0.3 is 5.69 Å². The molecule has 1 aliphatic heterocycles. The third kappa shape index (κ3) is 3.65. The molecular weight excluding hydrogens is 410 g/mol. The summed E-state index contributed by atoms with van der Waals surface area (Å²) in [5.74, 6) is -0.0764. The van der Waals surface area contributed by atoms with Crippen LogP contribution in [0.4, 0.5) is 0 Å². The fourth-order valence-corrected chi connectivity index (χ4v) is 4.99. The first-order valence-electron chi connectivity index (χ1n) is 9.79. The second kappa shape index (κ2) is 8.16. The number of fused-ring (bicyclic) bond motifs is 1. The number of likely N-dealkylation sites (tertiary alicyclic amines) is 1. The summed E-state index contributed by atoms with van der Waals surface area (Å²) in [6.07, 6.45) is 4.00. The molecule has 1 fully saturated rings. The molecule has 1 saturated heterocycles. The zero-order valence-electron chi connectivity index (χ0n) is 16.1. The van der Waals surface area contributed by atoms with Crippen molar-refractivity contribution >= 4 is 39.1 Å². The van der Waals surface area contributed by atoms with E-state index in [1.807, 2.05) is 4.90 Å². The number of nitrogens with zero attached hydrogens (tertiary/aromatic N) is 3. The van der Waals surface area contributed by atoms with Gasteiger partial charge in [-0.3, -0.25) is 14.2 Å². The van der Waals surface area contributed by atoms with Crippen molar-refractivity contribution in [2.24, 2.45) is 0 Å². The molecule has 1 amide bonds. The Balaban J connectivity index is 1.81. The quantitative estimate of drug-likeness (QED) is 0.633. The van der Waals surface area contributed by atoms with E-state index in [0.717, 1.165) is 36.8 Å². The van der Waals surface area contributed by atoms with Crippen LogP contribution >= 0.6 is 22.9 Å². The van der Waals surface area contributed by atoms with Gasteiger partial charge in [0, 0.05) is 17.6 Å². The highest BCUT2D eigenvalue weighted by molar-refractivity contribution is 7.17. The van der Waals surface area contributed by atoms with Crippen LogP contribution in [0.15, 0.2) is 45.3 Å². The average Bonchev–Trinajstić information content (AvgIpc) is 3.22. The maximum Gasteiger partial charge on any atom is 0.336 e. The molecule has 4 rings (SSSR count). The second-order valence-electron chi connectivity index (χ2n) is 7.27. The first-order chi connectivity index (χ1) is 14.0. The van der Waals surface area contributed by atoms with Crippen LogP contribution in [0.25, 0.3) is 15.9 Å². The Hall–Kier alpha value is -2.38. The van der Waals surface area contributed by atoms with Gasteiger partial charge in [-0.2, -0.15) is 0 Å². The summed E-state index contributed by atoms with van der Waals surface area (Å²) in [5.41, 5.74) is 0.0518. The van der Waals surface area contributed by atoms with E-state index in [9.17, 15) is 14.4 Å². The minimum atomic E-state index is -0.512. The van der Waals surface area contributed by atoms with Crippen LogP contribution < -0.4 is 11.2 Å². The van der Waals surface area contributed by atoms with Crippen LogP contribution in [0.5, 0.6) is 0 Å². The summed E-state index contributed by atoms with van der Waals surface area (Å²) in [4.78, 5) is 41.2. The molecule has 6 nitrogen and oxygen atoms in total. The molecule has 1 aliphatic rings. The van der Waals surface area contributed by atoms with Crippen molar-refractivity contribution in [3.05, 3.63) is 61.6 Å². The molecule has 8 heteroatoms. The molecule has 0 saturated carbocycles. The third-order valence-electron chi connectivity index (χ3n) is 5.55. The first kappa shape index (κ1) is 19.9. The summed E-state index contributed by atoms with van der Waals surface area (Å²) in [6.45, 7) is 2.73. The molecule has 1 atom stereocenters. The van der Waals surface area contributed by atoms with Crippen molar-refractivity contribution in [1.82, 2.24) is 14.0 Å². The van der Waals surface area contributed by atoms with Gasteiger partial charge in [-0.15, -0.1) is 11.3 Å². The molecule has 1 aromatic carbocycles. The van der Waals surface area contributed by atoms with Crippen LogP contribution in [0.3, 0.4) is 0 Å². The highest BCUT2D eigenvalue weighted by atomic mass is 35.5. The lowest BCUT2D eigenvalue weighted by Gasteiger charge is -2.35. The zero-order valence-corrected chi connectivity index (χ0v) is 17.7. The van der Waals surface area contributed by atoms with Gasteiger partial charge in [-0.25, -0.2) is 9.36 Å². The topological polar surface area (TPSA) is 64.3 Å². The molecular formula is C21H22ClN3O3S. The van der Waals surface area contributed by atoms with Gasteiger partial charge < -0.3 is 4.90 Å². The molecule has 0 radical (unpaired) electrons. The molecule has 0 bridgehead atoms. The van der Waals surface area contributed by atoms with Crippen molar-refractivity contribution in [2.75, 3.05) is 6.54 Å². The van der Waals surface area contributed by atoms with Gasteiger partial charge in [0.15, 0.2) is 0 Å². The van der Waals surface area contributed by atoms with Crippen molar-refractivity contribution in [3.63, 3.8) is 0 Å². The SMILES string of the molecule is CCC1CCCCN1C(=O)Cn1c(=O)n(-c2ccc(Cl)cc2)c(=O)c2sccc21. The van der Waals surface area contributed by atoms with E-state index in [1.165, 1.54) is 15.9 Å². The van der Waals surface area contributed by atoms with E-state index in [1.54, 1.807) is 35.7 Å². The van der Waals surface area contributed by atoms with Crippen molar-refractivity contribution < 1.29 is 4.79 Å². The molecule has 0 aliphatic carbocycles. The van der Waals surface area contributed by atoms with E-state index in [-0.39, 0.29) is 24.1 Å². The van der Waals surface area contributed by atoms with Crippen LogP contribution in [0.1, 0.15) is 32.6 Å². The van der Waals surface area contributed by atoms with Crippen LogP contribution in [0, 0.1) is 0 Å². The monoisotopic (exact) mass is 431 g/mol. The number of aromatic nitrogens is 2. The molecule has 0 N–H and O–H groups in total.